The van der Waals surface area contributed by atoms with Crippen molar-refractivity contribution in [3.8, 4) is 22.8 Å². The van der Waals surface area contributed by atoms with E-state index in [9.17, 15) is 34.8 Å². The van der Waals surface area contributed by atoms with E-state index in [0.29, 0.717) is 28.1 Å². The van der Waals surface area contributed by atoms with E-state index in [1.54, 1.807) is 26.1 Å². The number of rotatable bonds is 8. The van der Waals surface area contributed by atoms with Gasteiger partial charge in [-0.3, -0.25) is 14.4 Å². The molecule has 5 atom stereocenters. The van der Waals surface area contributed by atoms with Crippen LogP contribution < -0.4 is 15.8 Å². The Morgan fingerprint density at radius 3 is 2.48 bits per heavy atom. The Kier molecular flexibility index (Phi) is 8.06. The molecule has 2 aromatic rings. The van der Waals surface area contributed by atoms with Crippen LogP contribution in [0, 0.1) is 23.7 Å². The predicted octanol–water partition coefficient (Wildman–Crippen LogP) is 3.26. The average Bonchev–Trinajstić information content (AvgIpc) is 2.98. The van der Waals surface area contributed by atoms with Gasteiger partial charge in [-0.05, 0) is 61.3 Å². The van der Waals surface area contributed by atoms with Crippen molar-refractivity contribution in [2.24, 2.45) is 29.4 Å². The van der Waals surface area contributed by atoms with E-state index >= 15 is 0 Å². The maximum atomic E-state index is 14.2. The third kappa shape index (κ3) is 4.66. The van der Waals surface area contributed by atoms with Crippen LogP contribution in [0.25, 0.3) is 16.9 Å². The average molecular weight is 606 g/mol. The topological polar surface area (TPSA) is 192 Å². The van der Waals surface area contributed by atoms with Crippen LogP contribution in [0.2, 0.25) is 0 Å². The molecule has 1 saturated carbocycles. The van der Waals surface area contributed by atoms with Crippen molar-refractivity contribution in [2.75, 3.05) is 7.11 Å². The second-order valence-electron chi connectivity index (χ2n) is 12.4. The van der Waals surface area contributed by atoms with Crippen LogP contribution in [0.4, 0.5) is 0 Å². The number of carbonyl (C=O) groups is 3. The Balaban J connectivity index is 1.74. The van der Waals surface area contributed by atoms with Gasteiger partial charge in [0.2, 0.25) is 11.7 Å². The molecule has 3 aliphatic carbocycles. The molecule has 1 unspecified atom stereocenters. The number of methoxy groups -OCH3 is 1. The Bertz CT molecular complexity index is 1610. The number of phenolic OH excluding ortho intramolecular Hbond substituents is 1. The lowest BCUT2D eigenvalue weighted by atomic mass is 9.54. The first-order valence-electron chi connectivity index (χ1n) is 14.9. The van der Waals surface area contributed by atoms with Crippen LogP contribution in [0.15, 0.2) is 41.3 Å². The standard InChI is InChI=1S/C33H39N3O8/c1-6-15(4)35-13-18-10-19(16-7-8-22(44-5)36-12-16)20-9-17-11-21-23(14(2)3)28(38)26(32(34)42)31(41)33(21,43)30(40)24(17)29(39)25(20)27(18)37/h7-8,10,12,14-15,17,21,23,35,37,39,41,43H,6,9,11,13H2,1-5H3,(H2,34,42)/t15?,17-,21-,23-,33-/m0/s1. The molecule has 5 rings (SSSR count). The fourth-order valence-electron chi connectivity index (χ4n) is 7.09. The molecular formula is C33H39N3O8. The summed E-state index contributed by atoms with van der Waals surface area (Å²) in [7, 11) is 1.51. The predicted molar refractivity (Wildman–Crippen MR) is 161 cm³/mol. The first kappa shape index (κ1) is 31.2. The SMILES string of the molecule is CCC(C)NCc1cc(-c2ccc(OC)nc2)c2c(c1O)C(O)=C1C(=O)[C@]3(O)C(O)=C(C(N)=O)C(=O)[C@@H](C(C)C)[C@@H]3C[C@@H]1C2. The number of benzene rings is 1. The van der Waals surface area contributed by atoms with Gasteiger partial charge < -0.3 is 36.2 Å². The fourth-order valence-corrected chi connectivity index (χ4v) is 7.09. The third-order valence-electron chi connectivity index (χ3n) is 9.56. The number of hydrogen-bond acceptors (Lipinski definition) is 10. The zero-order chi connectivity index (χ0) is 32.2. The molecule has 11 nitrogen and oxygen atoms in total. The molecule has 234 valence electrons. The number of ketones is 2. The number of ether oxygens (including phenoxy) is 1. The number of aliphatic hydroxyl groups is 3. The number of nitrogens with two attached hydrogens (primary N) is 1. The van der Waals surface area contributed by atoms with Crippen molar-refractivity contribution in [1.82, 2.24) is 10.3 Å². The maximum absolute atomic E-state index is 14.2. The lowest BCUT2D eigenvalue weighted by molar-refractivity contribution is -0.155. The Hall–Kier alpha value is -4.22. The molecule has 1 amide bonds. The monoisotopic (exact) mass is 605 g/mol. The van der Waals surface area contributed by atoms with Gasteiger partial charge in [-0.15, -0.1) is 0 Å². The smallest absolute Gasteiger partial charge is 0.255 e. The number of phenols is 1. The second-order valence-corrected chi connectivity index (χ2v) is 12.4. The summed E-state index contributed by atoms with van der Waals surface area (Å²) in [6.45, 7) is 7.76. The zero-order valence-corrected chi connectivity index (χ0v) is 25.5. The van der Waals surface area contributed by atoms with E-state index in [4.69, 9.17) is 10.5 Å². The normalized spacial score (nSPS) is 25.5. The highest BCUT2D eigenvalue weighted by atomic mass is 16.5. The van der Waals surface area contributed by atoms with Crippen molar-refractivity contribution in [2.45, 2.75) is 65.1 Å². The van der Waals surface area contributed by atoms with Crippen molar-refractivity contribution in [3.05, 3.63) is 58.0 Å². The number of nitrogens with one attached hydrogen (secondary N) is 1. The summed E-state index contributed by atoms with van der Waals surface area (Å²) in [6.07, 6.45) is 2.70. The van der Waals surface area contributed by atoms with Gasteiger partial charge in [-0.25, -0.2) is 4.98 Å². The van der Waals surface area contributed by atoms with E-state index in [1.807, 2.05) is 26.0 Å². The van der Waals surface area contributed by atoms with Crippen molar-refractivity contribution in [1.29, 1.82) is 0 Å². The Morgan fingerprint density at radius 1 is 1.20 bits per heavy atom. The molecule has 0 radical (unpaired) electrons. The highest BCUT2D eigenvalue weighted by Gasteiger charge is 2.64. The van der Waals surface area contributed by atoms with Crippen LogP contribution >= 0.6 is 0 Å². The number of carbonyl (C=O) groups excluding carboxylic acids is 3. The number of aromatic nitrogens is 1. The van der Waals surface area contributed by atoms with Gasteiger partial charge in [0, 0.05) is 53.4 Å². The van der Waals surface area contributed by atoms with Gasteiger partial charge in [-0.2, -0.15) is 0 Å². The van der Waals surface area contributed by atoms with Crippen LogP contribution in [0.3, 0.4) is 0 Å². The number of amides is 1. The minimum Gasteiger partial charge on any atom is -0.508 e. The largest absolute Gasteiger partial charge is 0.508 e. The molecule has 1 heterocycles. The van der Waals surface area contributed by atoms with Gasteiger partial charge in [0.05, 0.1) is 12.7 Å². The summed E-state index contributed by atoms with van der Waals surface area (Å²) in [6, 6.07) is 5.48. The van der Waals surface area contributed by atoms with Crippen molar-refractivity contribution >= 4 is 23.2 Å². The number of hydrogen-bond donors (Lipinski definition) is 6. The third-order valence-corrected chi connectivity index (χ3v) is 9.56. The lowest BCUT2D eigenvalue weighted by Crippen LogP contribution is -2.62. The van der Waals surface area contributed by atoms with Crippen LogP contribution in [-0.2, 0) is 27.3 Å². The Labute approximate surface area is 255 Å². The number of pyridine rings is 1. The molecule has 11 heteroatoms. The van der Waals surface area contributed by atoms with E-state index < -0.39 is 63.8 Å². The van der Waals surface area contributed by atoms with E-state index in [-0.39, 0.29) is 42.3 Å². The Morgan fingerprint density at radius 2 is 1.91 bits per heavy atom. The van der Waals surface area contributed by atoms with Crippen molar-refractivity contribution in [3.63, 3.8) is 0 Å². The first-order chi connectivity index (χ1) is 20.8. The summed E-state index contributed by atoms with van der Waals surface area (Å²) < 4.78 is 5.22. The molecule has 1 aromatic heterocycles. The molecule has 0 spiro atoms. The van der Waals surface area contributed by atoms with E-state index in [0.717, 1.165) is 6.42 Å². The second kappa shape index (κ2) is 11.4. The number of Topliss-reactive ketones (excluding diaryl/α,β-unsaturated/α-hetero) is 2. The summed E-state index contributed by atoms with van der Waals surface area (Å²) >= 11 is 0. The maximum Gasteiger partial charge on any atom is 0.255 e. The number of aliphatic hydroxyl groups excluding tert-OH is 2. The summed E-state index contributed by atoms with van der Waals surface area (Å²) in [5, 5.41) is 49.7. The number of primary amides is 1. The van der Waals surface area contributed by atoms with Crippen molar-refractivity contribution < 1.29 is 39.5 Å². The van der Waals surface area contributed by atoms with Crippen LogP contribution in [-0.4, -0.2) is 61.6 Å². The van der Waals surface area contributed by atoms with Gasteiger partial charge >= 0.3 is 0 Å². The molecule has 1 fully saturated rings. The van der Waals surface area contributed by atoms with Gasteiger partial charge in [-0.1, -0.05) is 20.8 Å². The minimum absolute atomic E-state index is 0.0458. The van der Waals surface area contributed by atoms with Crippen LogP contribution in [0.1, 0.15) is 57.2 Å². The zero-order valence-electron chi connectivity index (χ0n) is 25.5. The quantitative estimate of drug-likeness (QED) is 0.243. The molecule has 7 N–H and O–H groups in total. The molecular weight excluding hydrogens is 566 g/mol. The number of fused-ring (bicyclic) bond motifs is 3. The minimum atomic E-state index is -2.65. The molecule has 0 aliphatic heterocycles. The van der Waals surface area contributed by atoms with E-state index in [2.05, 4.69) is 10.3 Å². The molecule has 3 aliphatic rings. The number of aromatic hydroxyl groups is 1. The summed E-state index contributed by atoms with van der Waals surface area (Å²) in [4.78, 5) is 44.2. The van der Waals surface area contributed by atoms with Gasteiger partial charge in [0.25, 0.3) is 5.91 Å². The van der Waals surface area contributed by atoms with Gasteiger partial charge in [0.15, 0.2) is 11.4 Å². The van der Waals surface area contributed by atoms with Crippen LogP contribution in [0.5, 0.6) is 11.6 Å². The highest BCUT2D eigenvalue weighted by molar-refractivity contribution is 6.23. The molecule has 44 heavy (non-hydrogen) atoms. The lowest BCUT2D eigenvalue weighted by Gasteiger charge is -2.50. The number of nitrogens with zero attached hydrogens (tertiary/aromatic N) is 1. The van der Waals surface area contributed by atoms with Gasteiger partial charge in [0.1, 0.15) is 22.8 Å². The molecule has 1 aromatic carbocycles. The summed E-state index contributed by atoms with van der Waals surface area (Å²) in [5.74, 6) is -7.55. The van der Waals surface area contributed by atoms with E-state index in [1.165, 1.54) is 7.11 Å². The summed E-state index contributed by atoms with van der Waals surface area (Å²) in [5.41, 5.74) is 4.28. The molecule has 0 bridgehead atoms. The fraction of sp³-hybridized carbons (Fsp3) is 0.455. The highest BCUT2D eigenvalue weighted by Crippen LogP contribution is 2.55. The first-order valence-corrected chi connectivity index (χ1v) is 14.9. The molecule has 0 saturated heterocycles.